The third-order valence-corrected chi connectivity index (χ3v) is 8.58. The molecule has 4 atom stereocenters. The summed E-state index contributed by atoms with van der Waals surface area (Å²) in [7, 11) is 2.10. The van der Waals surface area contributed by atoms with Crippen molar-refractivity contribution < 1.29 is 9.84 Å². The van der Waals surface area contributed by atoms with Crippen molar-refractivity contribution in [1.82, 2.24) is 10.2 Å². The number of fused-ring (bicyclic) bond motifs is 3. The predicted octanol–water partition coefficient (Wildman–Crippen LogP) is 2.58. The Kier molecular flexibility index (Phi) is 3.08. The highest BCUT2D eigenvalue weighted by Gasteiger charge is 2.71. The highest BCUT2D eigenvalue weighted by molar-refractivity contribution is 5.50. The minimum atomic E-state index is -0.0560. The summed E-state index contributed by atoms with van der Waals surface area (Å²) < 4.78 is 6.86. The van der Waals surface area contributed by atoms with E-state index in [1.807, 2.05) is 6.07 Å². The molecule has 3 saturated heterocycles. The lowest BCUT2D eigenvalue weighted by atomic mass is 9.45. The summed E-state index contributed by atoms with van der Waals surface area (Å²) in [6.07, 6.45) is 8.58. The molecule has 1 aromatic rings. The summed E-state index contributed by atoms with van der Waals surface area (Å²) >= 11 is 0. The van der Waals surface area contributed by atoms with Crippen molar-refractivity contribution in [3.63, 3.8) is 0 Å². The van der Waals surface area contributed by atoms with Gasteiger partial charge in [-0.1, -0.05) is 6.07 Å². The molecule has 4 nitrogen and oxygen atoms in total. The molecular formula is C22H30N2O2. The lowest BCUT2D eigenvalue weighted by Crippen LogP contribution is -2.81. The average Bonchev–Trinajstić information content (AvgIpc) is 3.48. The summed E-state index contributed by atoms with van der Waals surface area (Å²) in [5.41, 5.74) is 2.94. The third-order valence-electron chi connectivity index (χ3n) is 8.58. The Morgan fingerprint density at radius 1 is 1.27 bits per heavy atom. The van der Waals surface area contributed by atoms with Crippen LogP contribution in [0.25, 0.3) is 0 Å². The van der Waals surface area contributed by atoms with E-state index in [-0.39, 0.29) is 16.6 Å². The Balaban J connectivity index is 1.52. The normalized spacial score (nSPS) is 43.8. The number of nitrogens with one attached hydrogen (secondary N) is 1. The molecule has 2 N–H and O–H groups in total. The van der Waals surface area contributed by atoms with Crippen molar-refractivity contribution in [3.8, 4) is 5.75 Å². The average molecular weight is 354 g/mol. The standard InChI is InChI=1S/C22H30N2O2/c1-23-20-6-7-22(26-14-20)19-10-16-4-5-17(25)11-18(16)21(22,13-20)8-9-24(19)12-15-2-3-15/h4-5,11,15,19,23,25H,2-3,6-10,12-14H2,1H3/t19-,20?,21-,22-/m1/s1. The van der Waals surface area contributed by atoms with Gasteiger partial charge in [-0.3, -0.25) is 4.90 Å². The smallest absolute Gasteiger partial charge is 0.115 e. The van der Waals surface area contributed by atoms with Gasteiger partial charge in [-0.05, 0) is 87.7 Å². The van der Waals surface area contributed by atoms with Gasteiger partial charge in [0.05, 0.1) is 12.2 Å². The van der Waals surface area contributed by atoms with Gasteiger partial charge >= 0.3 is 0 Å². The zero-order valence-corrected chi connectivity index (χ0v) is 15.8. The van der Waals surface area contributed by atoms with Crippen molar-refractivity contribution in [2.75, 3.05) is 26.7 Å². The molecule has 1 aromatic carbocycles. The molecule has 7 rings (SSSR count). The van der Waals surface area contributed by atoms with Gasteiger partial charge in [0, 0.05) is 23.5 Å². The fraction of sp³-hybridized carbons (Fsp3) is 0.727. The number of aromatic hydroxyl groups is 1. The number of ether oxygens (including phenoxy) is 1. The van der Waals surface area contributed by atoms with E-state index in [1.165, 1.54) is 43.5 Å². The maximum absolute atomic E-state index is 10.3. The van der Waals surface area contributed by atoms with Crippen LogP contribution in [0, 0.1) is 5.92 Å². The second kappa shape index (κ2) is 5.03. The minimum Gasteiger partial charge on any atom is -0.508 e. The van der Waals surface area contributed by atoms with Crippen molar-refractivity contribution >= 4 is 0 Å². The number of likely N-dealkylation sites (N-methyl/N-ethyl adjacent to an activating group) is 1. The molecule has 0 radical (unpaired) electrons. The highest BCUT2D eigenvalue weighted by Crippen LogP contribution is 2.64. The number of benzene rings is 1. The molecule has 3 aliphatic heterocycles. The Bertz CT molecular complexity index is 751. The van der Waals surface area contributed by atoms with E-state index in [0.717, 1.165) is 38.2 Å². The third kappa shape index (κ3) is 1.86. The van der Waals surface area contributed by atoms with Crippen LogP contribution in [-0.4, -0.2) is 53.9 Å². The molecule has 1 unspecified atom stereocenters. The van der Waals surface area contributed by atoms with Gasteiger partial charge in [-0.2, -0.15) is 0 Å². The number of hydrogen-bond acceptors (Lipinski definition) is 4. The second-order valence-corrected chi connectivity index (χ2v) is 9.72. The number of rotatable bonds is 3. The highest BCUT2D eigenvalue weighted by atomic mass is 16.5. The Morgan fingerprint density at radius 3 is 2.88 bits per heavy atom. The van der Waals surface area contributed by atoms with E-state index in [9.17, 15) is 5.11 Å². The zero-order valence-electron chi connectivity index (χ0n) is 15.8. The van der Waals surface area contributed by atoms with Crippen LogP contribution in [0.15, 0.2) is 18.2 Å². The van der Waals surface area contributed by atoms with Crippen molar-refractivity contribution in [2.24, 2.45) is 5.92 Å². The van der Waals surface area contributed by atoms with Crippen LogP contribution in [-0.2, 0) is 16.6 Å². The van der Waals surface area contributed by atoms with Gasteiger partial charge in [-0.15, -0.1) is 0 Å². The quantitative estimate of drug-likeness (QED) is 0.876. The SMILES string of the molecule is CNC12CC[C@@]3(OC1)[C@H]1Cc4ccc(O)cc4[C@@]3(CCN1CC1CC1)C2. The largest absolute Gasteiger partial charge is 0.508 e. The minimum absolute atomic E-state index is 0.0560. The van der Waals surface area contributed by atoms with Gasteiger partial charge in [0.15, 0.2) is 0 Å². The Labute approximate surface area is 155 Å². The van der Waals surface area contributed by atoms with E-state index in [4.69, 9.17) is 4.74 Å². The van der Waals surface area contributed by atoms with Gasteiger partial charge < -0.3 is 15.2 Å². The molecule has 5 fully saturated rings. The van der Waals surface area contributed by atoms with Crippen LogP contribution in [0.3, 0.4) is 0 Å². The van der Waals surface area contributed by atoms with E-state index < -0.39 is 0 Å². The summed E-state index contributed by atoms with van der Waals surface area (Å²) in [6.45, 7) is 3.28. The summed E-state index contributed by atoms with van der Waals surface area (Å²) in [5.74, 6) is 1.33. The van der Waals surface area contributed by atoms with Crippen LogP contribution in [0.4, 0.5) is 0 Å². The summed E-state index contributed by atoms with van der Waals surface area (Å²) in [4.78, 5) is 2.78. The predicted molar refractivity (Wildman–Crippen MR) is 101 cm³/mol. The first-order valence-electron chi connectivity index (χ1n) is 10.5. The van der Waals surface area contributed by atoms with Crippen LogP contribution in [0.1, 0.15) is 49.7 Å². The van der Waals surface area contributed by atoms with Crippen molar-refractivity contribution in [2.45, 2.75) is 67.5 Å². The van der Waals surface area contributed by atoms with Gasteiger partial charge in [0.25, 0.3) is 0 Å². The lowest BCUT2D eigenvalue weighted by Gasteiger charge is -2.71. The van der Waals surface area contributed by atoms with E-state index in [0.29, 0.717) is 11.8 Å². The molecule has 4 heteroatoms. The molecule has 6 aliphatic rings. The molecule has 3 aliphatic carbocycles. The molecule has 0 aromatic heterocycles. The monoisotopic (exact) mass is 354 g/mol. The second-order valence-electron chi connectivity index (χ2n) is 9.72. The molecule has 2 saturated carbocycles. The van der Waals surface area contributed by atoms with E-state index in [1.54, 1.807) is 0 Å². The lowest BCUT2D eigenvalue weighted by molar-refractivity contribution is -0.262. The molecule has 3 heterocycles. The Morgan fingerprint density at radius 2 is 2.15 bits per heavy atom. The number of phenols is 1. The number of hydrogen-bond donors (Lipinski definition) is 2. The molecule has 140 valence electrons. The fourth-order valence-corrected chi connectivity index (χ4v) is 7.03. The van der Waals surface area contributed by atoms with Gasteiger partial charge in [0.1, 0.15) is 5.75 Å². The first-order valence-corrected chi connectivity index (χ1v) is 10.5. The maximum Gasteiger partial charge on any atom is 0.115 e. The topological polar surface area (TPSA) is 44.7 Å². The zero-order chi connectivity index (χ0) is 17.6. The van der Waals surface area contributed by atoms with Gasteiger partial charge in [-0.25, -0.2) is 0 Å². The fourth-order valence-electron chi connectivity index (χ4n) is 7.03. The van der Waals surface area contributed by atoms with Crippen molar-refractivity contribution in [1.29, 1.82) is 0 Å². The molecule has 26 heavy (non-hydrogen) atoms. The Hall–Kier alpha value is -1.10. The van der Waals surface area contributed by atoms with Crippen molar-refractivity contribution in [3.05, 3.63) is 29.3 Å². The van der Waals surface area contributed by atoms with Crippen LogP contribution in [0.2, 0.25) is 0 Å². The number of piperidine rings is 1. The van der Waals surface area contributed by atoms with Gasteiger partial charge in [0.2, 0.25) is 0 Å². The van der Waals surface area contributed by atoms with E-state index >= 15 is 0 Å². The van der Waals surface area contributed by atoms with E-state index in [2.05, 4.69) is 29.4 Å². The number of likely N-dealkylation sites (tertiary alicyclic amines) is 1. The number of nitrogens with zero attached hydrogens (tertiary/aromatic N) is 1. The molecule has 0 amide bonds. The van der Waals surface area contributed by atoms with Crippen LogP contribution < -0.4 is 5.32 Å². The molecule has 1 spiro atoms. The number of phenolic OH excluding ortho intramolecular Hbond substituents is 1. The summed E-state index contributed by atoms with van der Waals surface area (Å²) in [6, 6.07) is 6.63. The molecule has 4 bridgehead atoms. The van der Waals surface area contributed by atoms with Crippen LogP contribution in [0.5, 0.6) is 5.75 Å². The molecular weight excluding hydrogens is 324 g/mol. The maximum atomic E-state index is 10.3. The summed E-state index contributed by atoms with van der Waals surface area (Å²) in [5, 5.41) is 13.9. The van der Waals surface area contributed by atoms with Crippen LogP contribution >= 0.6 is 0 Å². The first-order chi connectivity index (χ1) is 12.6. The first kappa shape index (κ1) is 15.9.